The van der Waals surface area contributed by atoms with Gasteiger partial charge in [-0.25, -0.2) is 4.79 Å². The van der Waals surface area contributed by atoms with Crippen LogP contribution in [0.3, 0.4) is 0 Å². The van der Waals surface area contributed by atoms with Crippen molar-refractivity contribution in [2.24, 2.45) is 0 Å². The lowest BCUT2D eigenvalue weighted by molar-refractivity contribution is -0.138. The van der Waals surface area contributed by atoms with Crippen molar-refractivity contribution in [1.82, 2.24) is 4.98 Å². The maximum absolute atomic E-state index is 11.1. The van der Waals surface area contributed by atoms with Gasteiger partial charge in [0.1, 0.15) is 6.04 Å². The minimum atomic E-state index is -0.837. The Labute approximate surface area is 106 Å². The molecule has 0 fully saturated rings. The summed E-state index contributed by atoms with van der Waals surface area (Å²) in [7, 11) is 1.79. The van der Waals surface area contributed by atoms with Crippen LogP contribution < -0.4 is 4.90 Å². The van der Waals surface area contributed by atoms with Crippen LogP contribution in [0.1, 0.15) is 12.6 Å². The average molecular weight is 244 g/mol. The maximum atomic E-state index is 11.1. The number of benzene rings is 1. The first kappa shape index (κ1) is 12.4. The smallest absolute Gasteiger partial charge is 0.326 e. The molecule has 18 heavy (non-hydrogen) atoms. The number of carboxylic acid groups (broad SMARTS) is 1. The van der Waals surface area contributed by atoms with Crippen LogP contribution in [-0.4, -0.2) is 29.1 Å². The highest BCUT2D eigenvalue weighted by atomic mass is 16.4. The lowest BCUT2D eigenvalue weighted by Gasteiger charge is -2.25. The molecule has 0 bridgehead atoms. The van der Waals surface area contributed by atoms with Crippen molar-refractivity contribution in [3.05, 3.63) is 36.0 Å². The Hall–Kier alpha value is -2.10. The van der Waals surface area contributed by atoms with Gasteiger partial charge in [-0.3, -0.25) is 4.98 Å². The molecule has 4 heteroatoms. The summed E-state index contributed by atoms with van der Waals surface area (Å²) in [6, 6.07) is 9.10. The summed E-state index contributed by atoms with van der Waals surface area (Å²) in [6.45, 7) is 3.59. The molecule has 1 heterocycles. The highest BCUT2D eigenvalue weighted by Crippen LogP contribution is 2.27. The number of aliphatic carboxylic acids is 1. The molecule has 0 saturated carbocycles. The SMILES string of the molecule is Cc1cc(N(C)C(C)C(=O)O)c2ccccc2n1. The molecular formula is C14H16N2O2. The minimum absolute atomic E-state index is 0.574. The van der Waals surface area contributed by atoms with Crippen LogP contribution in [0, 0.1) is 6.92 Å². The molecule has 1 aromatic heterocycles. The van der Waals surface area contributed by atoms with E-state index in [1.807, 2.05) is 37.3 Å². The van der Waals surface area contributed by atoms with E-state index in [4.69, 9.17) is 5.11 Å². The molecule has 94 valence electrons. The maximum Gasteiger partial charge on any atom is 0.326 e. The third-order valence-corrected chi connectivity index (χ3v) is 3.14. The number of pyridine rings is 1. The van der Waals surface area contributed by atoms with Crippen LogP contribution >= 0.6 is 0 Å². The Kier molecular flexibility index (Phi) is 3.19. The third kappa shape index (κ3) is 2.14. The number of para-hydroxylation sites is 1. The number of aromatic nitrogens is 1. The molecule has 2 aromatic rings. The molecule has 0 aliphatic heterocycles. The first-order valence-corrected chi connectivity index (χ1v) is 5.82. The molecule has 0 aliphatic rings. The summed E-state index contributed by atoms with van der Waals surface area (Å²) < 4.78 is 0. The number of hydrogen-bond donors (Lipinski definition) is 1. The normalized spacial score (nSPS) is 12.4. The van der Waals surface area contributed by atoms with Crippen molar-refractivity contribution < 1.29 is 9.90 Å². The van der Waals surface area contributed by atoms with Gasteiger partial charge in [-0.2, -0.15) is 0 Å². The summed E-state index contributed by atoms with van der Waals surface area (Å²) in [4.78, 5) is 17.3. The van der Waals surface area contributed by atoms with Gasteiger partial charge in [0.15, 0.2) is 0 Å². The highest BCUT2D eigenvalue weighted by molar-refractivity contribution is 5.93. The zero-order chi connectivity index (χ0) is 13.3. The van der Waals surface area contributed by atoms with Crippen LogP contribution in [0.15, 0.2) is 30.3 Å². The molecule has 2 rings (SSSR count). The predicted molar refractivity (Wildman–Crippen MR) is 72.0 cm³/mol. The second kappa shape index (κ2) is 4.64. The number of anilines is 1. The number of likely N-dealkylation sites (N-methyl/N-ethyl adjacent to an activating group) is 1. The summed E-state index contributed by atoms with van der Waals surface area (Å²) in [5.74, 6) is -0.837. The lowest BCUT2D eigenvalue weighted by atomic mass is 10.1. The van der Waals surface area contributed by atoms with E-state index in [-0.39, 0.29) is 0 Å². The van der Waals surface area contributed by atoms with Crippen molar-refractivity contribution >= 4 is 22.6 Å². The van der Waals surface area contributed by atoms with Gasteiger partial charge < -0.3 is 10.0 Å². The summed E-state index contributed by atoms with van der Waals surface area (Å²) >= 11 is 0. The molecule has 4 nitrogen and oxygen atoms in total. The predicted octanol–water partition coefficient (Wildman–Crippen LogP) is 2.45. The third-order valence-electron chi connectivity index (χ3n) is 3.14. The fraction of sp³-hybridized carbons (Fsp3) is 0.286. The largest absolute Gasteiger partial charge is 0.480 e. The number of aryl methyl sites for hydroxylation is 1. The first-order valence-electron chi connectivity index (χ1n) is 5.82. The average Bonchev–Trinajstić information content (AvgIpc) is 2.35. The topological polar surface area (TPSA) is 53.4 Å². The standard InChI is InChI=1S/C14H16N2O2/c1-9-8-13(16(3)10(2)14(17)18)11-6-4-5-7-12(11)15-9/h4-8,10H,1-3H3,(H,17,18). The van der Waals surface area contributed by atoms with E-state index in [2.05, 4.69) is 4.98 Å². The van der Waals surface area contributed by atoms with Crippen LogP contribution in [-0.2, 0) is 4.79 Å². The fourth-order valence-electron chi connectivity index (χ4n) is 1.95. The number of nitrogens with zero attached hydrogens (tertiary/aromatic N) is 2. The van der Waals surface area contributed by atoms with Gasteiger partial charge >= 0.3 is 5.97 Å². The van der Waals surface area contributed by atoms with Crippen LogP contribution in [0.25, 0.3) is 10.9 Å². The highest BCUT2D eigenvalue weighted by Gasteiger charge is 2.19. The fourth-order valence-corrected chi connectivity index (χ4v) is 1.95. The molecule has 0 spiro atoms. The Morgan fingerprint density at radius 2 is 2.06 bits per heavy atom. The van der Waals surface area contributed by atoms with E-state index < -0.39 is 12.0 Å². The number of fused-ring (bicyclic) bond motifs is 1. The second-order valence-electron chi connectivity index (χ2n) is 4.43. The molecule has 1 aromatic carbocycles. The summed E-state index contributed by atoms with van der Waals surface area (Å²) in [6.07, 6.45) is 0. The van der Waals surface area contributed by atoms with E-state index in [9.17, 15) is 4.79 Å². The van der Waals surface area contributed by atoms with Gasteiger partial charge in [0.25, 0.3) is 0 Å². The van der Waals surface area contributed by atoms with E-state index in [1.165, 1.54) is 0 Å². The monoisotopic (exact) mass is 244 g/mol. The van der Waals surface area contributed by atoms with Gasteiger partial charge in [-0.1, -0.05) is 18.2 Å². The number of hydrogen-bond acceptors (Lipinski definition) is 3. The van der Waals surface area contributed by atoms with Crippen molar-refractivity contribution in [3.63, 3.8) is 0 Å². The van der Waals surface area contributed by atoms with E-state index >= 15 is 0 Å². The Balaban J connectivity index is 2.59. The van der Waals surface area contributed by atoms with Crippen molar-refractivity contribution in [3.8, 4) is 0 Å². The first-order chi connectivity index (χ1) is 8.50. The number of carboxylic acids is 1. The van der Waals surface area contributed by atoms with E-state index in [1.54, 1.807) is 18.9 Å². The Morgan fingerprint density at radius 1 is 1.39 bits per heavy atom. The van der Waals surface area contributed by atoms with Gasteiger partial charge in [0.05, 0.1) is 5.52 Å². The van der Waals surface area contributed by atoms with Crippen LogP contribution in [0.5, 0.6) is 0 Å². The minimum Gasteiger partial charge on any atom is -0.480 e. The quantitative estimate of drug-likeness (QED) is 0.901. The zero-order valence-electron chi connectivity index (χ0n) is 10.7. The Bertz CT molecular complexity index is 595. The number of carbonyl (C=O) groups is 1. The molecule has 0 aliphatic carbocycles. The molecule has 1 unspecified atom stereocenters. The summed E-state index contributed by atoms with van der Waals surface area (Å²) in [5.41, 5.74) is 2.66. The van der Waals surface area contributed by atoms with Crippen LogP contribution in [0.4, 0.5) is 5.69 Å². The van der Waals surface area contributed by atoms with Gasteiger partial charge in [0.2, 0.25) is 0 Å². The molecule has 1 N–H and O–H groups in total. The van der Waals surface area contributed by atoms with Crippen molar-refractivity contribution in [1.29, 1.82) is 0 Å². The molecule has 0 amide bonds. The molecule has 0 saturated heterocycles. The summed E-state index contributed by atoms with van der Waals surface area (Å²) in [5, 5.41) is 10.1. The molecule has 0 radical (unpaired) electrons. The molecular weight excluding hydrogens is 228 g/mol. The second-order valence-corrected chi connectivity index (χ2v) is 4.43. The Morgan fingerprint density at radius 3 is 2.72 bits per heavy atom. The van der Waals surface area contributed by atoms with Gasteiger partial charge in [-0.15, -0.1) is 0 Å². The lowest BCUT2D eigenvalue weighted by Crippen LogP contribution is -2.35. The van der Waals surface area contributed by atoms with E-state index in [0.29, 0.717) is 0 Å². The van der Waals surface area contributed by atoms with Crippen molar-refractivity contribution in [2.45, 2.75) is 19.9 Å². The molecule has 1 atom stereocenters. The van der Waals surface area contributed by atoms with Gasteiger partial charge in [-0.05, 0) is 26.0 Å². The van der Waals surface area contributed by atoms with Crippen LogP contribution in [0.2, 0.25) is 0 Å². The number of rotatable bonds is 3. The zero-order valence-corrected chi connectivity index (χ0v) is 10.7. The van der Waals surface area contributed by atoms with E-state index in [0.717, 1.165) is 22.3 Å². The van der Waals surface area contributed by atoms with Gasteiger partial charge in [0, 0.05) is 23.8 Å². The van der Waals surface area contributed by atoms with Crippen molar-refractivity contribution in [2.75, 3.05) is 11.9 Å².